The second kappa shape index (κ2) is 9.07. The number of halogens is 1. The van der Waals surface area contributed by atoms with Gasteiger partial charge in [0.05, 0.1) is 0 Å². The number of nitrogens with zero attached hydrogens (tertiary/aromatic N) is 1. The molecular weight excluding hydrogens is 324 g/mol. The summed E-state index contributed by atoms with van der Waals surface area (Å²) in [5.41, 5.74) is 0.514. The van der Waals surface area contributed by atoms with Crippen molar-refractivity contribution in [1.82, 2.24) is 10.2 Å². The molecule has 0 heterocycles. The van der Waals surface area contributed by atoms with Crippen molar-refractivity contribution in [2.75, 3.05) is 0 Å². The van der Waals surface area contributed by atoms with Gasteiger partial charge in [0.25, 0.3) is 0 Å². The Hall–Kier alpha value is -1.55. The molecule has 1 aromatic carbocycles. The van der Waals surface area contributed by atoms with Crippen LogP contribution in [0.1, 0.15) is 59.4 Å². The number of nitrogens with one attached hydrogen (secondary N) is 1. The van der Waals surface area contributed by atoms with Crippen LogP contribution in [0.5, 0.6) is 0 Å². The maximum absolute atomic E-state index is 12.7. The van der Waals surface area contributed by atoms with Gasteiger partial charge in [0.15, 0.2) is 0 Å². The van der Waals surface area contributed by atoms with E-state index in [9.17, 15) is 9.59 Å². The lowest BCUT2D eigenvalue weighted by atomic mass is 10.0. The molecule has 1 atom stereocenters. The van der Waals surface area contributed by atoms with Gasteiger partial charge in [0.2, 0.25) is 11.8 Å². The minimum absolute atomic E-state index is 0.0201. The van der Waals surface area contributed by atoms with Crippen LogP contribution in [0.2, 0.25) is 5.02 Å². The second-order valence-electron chi connectivity index (χ2n) is 7.03. The normalized spacial score (nSPS) is 12.6. The smallest absolute Gasteiger partial charge is 0.243 e. The van der Waals surface area contributed by atoms with E-state index in [0.29, 0.717) is 24.4 Å². The lowest BCUT2D eigenvalue weighted by molar-refractivity contribution is -0.142. The Morgan fingerprint density at radius 3 is 2.33 bits per heavy atom. The highest BCUT2D eigenvalue weighted by molar-refractivity contribution is 6.31. The number of hydrogen-bond donors (Lipinski definition) is 1. The molecule has 2 amide bonds. The number of carbonyl (C=O) groups excluding carboxylic acids is 2. The predicted octanol–water partition coefficient (Wildman–Crippen LogP) is 4.16. The first-order valence-electron chi connectivity index (χ1n) is 8.54. The quantitative estimate of drug-likeness (QED) is 0.800. The molecule has 1 unspecified atom stereocenters. The highest BCUT2D eigenvalue weighted by Gasteiger charge is 2.30. The second-order valence-corrected chi connectivity index (χ2v) is 7.43. The number of benzene rings is 1. The largest absolute Gasteiger partial charge is 0.350 e. The summed E-state index contributed by atoms with van der Waals surface area (Å²) in [6.45, 7) is 10.0. The fourth-order valence-corrected chi connectivity index (χ4v) is 2.74. The fraction of sp³-hybridized carbons (Fsp3) is 0.579. The molecule has 1 aromatic rings. The monoisotopic (exact) mass is 352 g/mol. The minimum Gasteiger partial charge on any atom is -0.350 e. The molecular formula is C19H29ClN2O2. The molecule has 0 fully saturated rings. The number of carbonyl (C=O) groups is 2. The highest BCUT2D eigenvalue weighted by atomic mass is 35.5. The molecule has 0 aliphatic heterocycles. The first kappa shape index (κ1) is 20.5. The molecule has 0 saturated heterocycles. The lowest BCUT2D eigenvalue weighted by Gasteiger charge is -2.33. The molecule has 0 radical (unpaired) electrons. The Morgan fingerprint density at radius 2 is 1.83 bits per heavy atom. The summed E-state index contributed by atoms with van der Waals surface area (Å²) in [5.74, 6) is -0.144. The molecule has 134 valence electrons. The van der Waals surface area contributed by atoms with Gasteiger partial charge in [0.1, 0.15) is 6.04 Å². The van der Waals surface area contributed by atoms with Crippen molar-refractivity contribution in [3.8, 4) is 0 Å². The molecule has 1 rings (SSSR count). The van der Waals surface area contributed by atoms with Crippen LogP contribution in [0, 0.1) is 0 Å². The van der Waals surface area contributed by atoms with Crippen molar-refractivity contribution >= 4 is 23.4 Å². The fourth-order valence-electron chi connectivity index (χ4n) is 2.54. The van der Waals surface area contributed by atoms with E-state index in [2.05, 4.69) is 5.32 Å². The predicted molar refractivity (Wildman–Crippen MR) is 98.9 cm³/mol. The average molecular weight is 353 g/mol. The van der Waals surface area contributed by atoms with Crippen LogP contribution in [0.25, 0.3) is 0 Å². The number of amides is 2. The Kier molecular flexibility index (Phi) is 7.74. The highest BCUT2D eigenvalue weighted by Crippen LogP contribution is 2.20. The molecule has 0 aliphatic carbocycles. The van der Waals surface area contributed by atoms with Gasteiger partial charge in [-0.05, 0) is 45.2 Å². The zero-order valence-corrected chi connectivity index (χ0v) is 16.1. The molecule has 4 nitrogen and oxygen atoms in total. The zero-order chi connectivity index (χ0) is 18.3. The van der Waals surface area contributed by atoms with Crippen molar-refractivity contribution in [3.05, 3.63) is 34.9 Å². The van der Waals surface area contributed by atoms with E-state index in [0.717, 1.165) is 12.0 Å². The van der Waals surface area contributed by atoms with Crippen molar-refractivity contribution < 1.29 is 9.59 Å². The summed E-state index contributed by atoms with van der Waals surface area (Å²) in [7, 11) is 0. The summed E-state index contributed by atoms with van der Waals surface area (Å²) in [5, 5.41) is 3.59. The van der Waals surface area contributed by atoms with Crippen molar-refractivity contribution in [3.63, 3.8) is 0 Å². The van der Waals surface area contributed by atoms with Gasteiger partial charge < -0.3 is 10.2 Å². The van der Waals surface area contributed by atoms with Crippen LogP contribution < -0.4 is 5.32 Å². The lowest BCUT2D eigenvalue weighted by Crippen LogP contribution is -2.53. The van der Waals surface area contributed by atoms with Gasteiger partial charge in [-0.1, -0.05) is 43.6 Å². The zero-order valence-electron chi connectivity index (χ0n) is 15.4. The third-order valence-electron chi connectivity index (χ3n) is 3.65. The van der Waals surface area contributed by atoms with Crippen molar-refractivity contribution in [2.45, 2.75) is 72.0 Å². The topological polar surface area (TPSA) is 49.4 Å². The summed E-state index contributed by atoms with van der Waals surface area (Å²) in [6.07, 6.45) is 1.72. The minimum atomic E-state index is -0.500. The third-order valence-corrected chi connectivity index (χ3v) is 4.02. The molecule has 1 N–H and O–H groups in total. The maximum atomic E-state index is 12.7. The summed E-state index contributed by atoms with van der Waals surface area (Å²) in [4.78, 5) is 27.0. The SMILES string of the molecule is CCCC(=O)N(Cc1ccccc1Cl)C(CC)C(=O)NC(C)(C)C. The first-order chi connectivity index (χ1) is 11.2. The molecule has 5 heteroatoms. The van der Waals surface area contributed by atoms with Crippen LogP contribution >= 0.6 is 11.6 Å². The van der Waals surface area contributed by atoms with Crippen molar-refractivity contribution in [1.29, 1.82) is 0 Å². The Labute approximate surface area is 150 Å². The summed E-state index contributed by atoms with van der Waals surface area (Å²) < 4.78 is 0. The van der Waals surface area contributed by atoms with E-state index in [1.165, 1.54) is 0 Å². The molecule has 0 saturated carbocycles. The van der Waals surface area contributed by atoms with Crippen LogP contribution in [0.3, 0.4) is 0 Å². The first-order valence-corrected chi connectivity index (χ1v) is 8.92. The summed E-state index contributed by atoms with van der Waals surface area (Å²) in [6, 6.07) is 6.94. The molecule has 24 heavy (non-hydrogen) atoms. The summed E-state index contributed by atoms with van der Waals surface area (Å²) >= 11 is 6.25. The van der Waals surface area contributed by atoms with Crippen LogP contribution in [-0.4, -0.2) is 28.3 Å². The third kappa shape index (κ3) is 6.16. The van der Waals surface area contributed by atoms with Crippen LogP contribution in [-0.2, 0) is 16.1 Å². The van der Waals surface area contributed by atoms with Gasteiger partial charge >= 0.3 is 0 Å². The van der Waals surface area contributed by atoms with E-state index in [1.54, 1.807) is 11.0 Å². The van der Waals surface area contributed by atoms with Gasteiger partial charge in [-0.2, -0.15) is 0 Å². The van der Waals surface area contributed by atoms with Gasteiger partial charge in [-0.15, -0.1) is 0 Å². The Morgan fingerprint density at radius 1 is 1.21 bits per heavy atom. The van der Waals surface area contributed by atoms with E-state index in [1.807, 2.05) is 52.8 Å². The van der Waals surface area contributed by atoms with Gasteiger partial charge in [0, 0.05) is 23.5 Å². The molecule has 0 aliphatic rings. The van der Waals surface area contributed by atoms with Crippen LogP contribution in [0.4, 0.5) is 0 Å². The maximum Gasteiger partial charge on any atom is 0.243 e. The average Bonchev–Trinajstić information content (AvgIpc) is 2.47. The molecule has 0 aromatic heterocycles. The Balaban J connectivity index is 3.08. The standard InChI is InChI=1S/C19H29ClN2O2/c1-6-10-17(23)22(13-14-11-8-9-12-15(14)20)16(7-2)18(24)21-19(3,4)5/h8-9,11-12,16H,6-7,10,13H2,1-5H3,(H,21,24). The number of hydrogen-bond acceptors (Lipinski definition) is 2. The van der Waals surface area contributed by atoms with E-state index < -0.39 is 6.04 Å². The van der Waals surface area contributed by atoms with Crippen molar-refractivity contribution in [2.24, 2.45) is 0 Å². The van der Waals surface area contributed by atoms with Gasteiger partial charge in [-0.3, -0.25) is 9.59 Å². The Bertz CT molecular complexity index is 567. The van der Waals surface area contributed by atoms with E-state index in [-0.39, 0.29) is 17.4 Å². The molecule has 0 bridgehead atoms. The van der Waals surface area contributed by atoms with E-state index in [4.69, 9.17) is 11.6 Å². The van der Waals surface area contributed by atoms with Gasteiger partial charge in [-0.25, -0.2) is 0 Å². The molecule has 0 spiro atoms. The van der Waals surface area contributed by atoms with E-state index >= 15 is 0 Å². The van der Waals surface area contributed by atoms with Crippen LogP contribution in [0.15, 0.2) is 24.3 Å². The number of rotatable bonds is 7.